The second-order valence-corrected chi connectivity index (χ2v) is 4.43. The third-order valence-electron chi connectivity index (χ3n) is 3.32. The maximum absolute atomic E-state index is 13.4. The van der Waals surface area contributed by atoms with Crippen LogP contribution in [0.2, 0.25) is 0 Å². The molecule has 0 spiro atoms. The van der Waals surface area contributed by atoms with Gasteiger partial charge in [0.1, 0.15) is 11.6 Å². The number of hydrogen-bond acceptors (Lipinski definition) is 1. The minimum Gasteiger partial charge on any atom is -0.317 e. The highest BCUT2D eigenvalue weighted by Crippen LogP contribution is 2.21. The van der Waals surface area contributed by atoms with Crippen LogP contribution in [0.5, 0.6) is 0 Å². The molecular weight excluding hydrogens is 208 g/mol. The summed E-state index contributed by atoms with van der Waals surface area (Å²) in [6.45, 7) is 2.06. The second kappa shape index (κ2) is 5.39. The van der Waals surface area contributed by atoms with Gasteiger partial charge < -0.3 is 5.32 Å². The Morgan fingerprint density at radius 3 is 2.38 bits per heavy atom. The van der Waals surface area contributed by atoms with Gasteiger partial charge in [-0.3, -0.25) is 0 Å². The topological polar surface area (TPSA) is 12.0 Å². The Morgan fingerprint density at radius 1 is 1.12 bits per heavy atom. The predicted octanol–water partition coefficient (Wildman–Crippen LogP) is 2.90. The minimum absolute atomic E-state index is 0.251. The molecule has 1 aromatic rings. The highest BCUT2D eigenvalue weighted by Gasteiger charge is 2.15. The molecule has 0 aromatic heterocycles. The van der Waals surface area contributed by atoms with Crippen molar-refractivity contribution in [2.24, 2.45) is 5.92 Å². The first-order valence-corrected chi connectivity index (χ1v) is 5.91. The van der Waals surface area contributed by atoms with Gasteiger partial charge in [-0.15, -0.1) is 0 Å². The molecule has 1 N–H and O–H groups in total. The van der Waals surface area contributed by atoms with Gasteiger partial charge in [0.05, 0.1) is 0 Å². The predicted molar refractivity (Wildman–Crippen MR) is 60.3 cm³/mol. The van der Waals surface area contributed by atoms with Crippen LogP contribution < -0.4 is 5.32 Å². The first-order valence-electron chi connectivity index (χ1n) is 5.91. The maximum atomic E-state index is 13.4. The van der Waals surface area contributed by atoms with E-state index in [1.54, 1.807) is 0 Å². The van der Waals surface area contributed by atoms with Crippen molar-refractivity contribution in [1.29, 1.82) is 0 Å². The molecule has 0 aliphatic carbocycles. The molecule has 0 unspecified atom stereocenters. The molecule has 0 atom stereocenters. The summed E-state index contributed by atoms with van der Waals surface area (Å²) in [5.74, 6) is -0.205. The fraction of sp³-hybridized carbons (Fsp3) is 0.538. The molecule has 1 aliphatic heterocycles. The maximum Gasteiger partial charge on any atom is 0.129 e. The molecule has 0 radical (unpaired) electrons. The third kappa shape index (κ3) is 2.79. The van der Waals surface area contributed by atoms with Crippen LogP contribution in [0.1, 0.15) is 24.8 Å². The minimum atomic E-state index is -0.408. The van der Waals surface area contributed by atoms with Gasteiger partial charge in [-0.2, -0.15) is 0 Å². The lowest BCUT2D eigenvalue weighted by Crippen LogP contribution is -2.28. The van der Waals surface area contributed by atoms with E-state index in [9.17, 15) is 8.78 Å². The lowest BCUT2D eigenvalue weighted by Gasteiger charge is -2.22. The number of halogens is 2. The number of hydrogen-bond donors (Lipinski definition) is 1. The van der Waals surface area contributed by atoms with E-state index in [0.717, 1.165) is 32.4 Å². The van der Waals surface area contributed by atoms with Crippen molar-refractivity contribution >= 4 is 0 Å². The Morgan fingerprint density at radius 2 is 1.75 bits per heavy atom. The highest BCUT2D eigenvalue weighted by molar-refractivity contribution is 5.19. The van der Waals surface area contributed by atoms with Gasteiger partial charge in [0, 0.05) is 5.56 Å². The molecule has 1 saturated heterocycles. The molecule has 0 bridgehead atoms. The van der Waals surface area contributed by atoms with E-state index in [0.29, 0.717) is 12.3 Å². The zero-order valence-electron chi connectivity index (χ0n) is 9.31. The summed E-state index contributed by atoms with van der Waals surface area (Å²) in [6.07, 6.45) is 3.65. The van der Waals surface area contributed by atoms with Crippen molar-refractivity contribution in [2.75, 3.05) is 13.1 Å². The van der Waals surface area contributed by atoms with Crippen molar-refractivity contribution in [3.8, 4) is 0 Å². The van der Waals surface area contributed by atoms with Crippen molar-refractivity contribution in [1.82, 2.24) is 5.32 Å². The number of nitrogens with one attached hydrogen (secondary N) is 1. The van der Waals surface area contributed by atoms with E-state index >= 15 is 0 Å². The lowest BCUT2D eigenvalue weighted by molar-refractivity contribution is 0.351. The molecule has 1 heterocycles. The number of benzene rings is 1. The van der Waals surface area contributed by atoms with E-state index < -0.39 is 11.6 Å². The highest BCUT2D eigenvalue weighted by atomic mass is 19.1. The third-order valence-corrected chi connectivity index (χ3v) is 3.32. The smallest absolute Gasteiger partial charge is 0.129 e. The van der Waals surface area contributed by atoms with Gasteiger partial charge in [0.15, 0.2) is 0 Å². The SMILES string of the molecule is Fc1cccc(F)c1CCC1CCNCC1. The van der Waals surface area contributed by atoms with E-state index in [1.807, 2.05) is 0 Å². The Balaban J connectivity index is 1.93. The largest absolute Gasteiger partial charge is 0.317 e. The first kappa shape index (κ1) is 11.5. The monoisotopic (exact) mass is 225 g/mol. The van der Waals surface area contributed by atoms with E-state index in [2.05, 4.69) is 5.32 Å². The Hall–Kier alpha value is -0.960. The molecule has 2 rings (SSSR count). The molecule has 1 aromatic carbocycles. The Kier molecular flexibility index (Phi) is 3.88. The van der Waals surface area contributed by atoms with Gasteiger partial charge in [-0.1, -0.05) is 6.07 Å². The fourth-order valence-corrected chi connectivity index (χ4v) is 2.29. The van der Waals surface area contributed by atoms with Gasteiger partial charge in [-0.05, 0) is 56.8 Å². The molecule has 3 heteroatoms. The summed E-state index contributed by atoms with van der Waals surface area (Å²) in [5, 5.41) is 3.29. The van der Waals surface area contributed by atoms with Crippen molar-refractivity contribution in [3.05, 3.63) is 35.4 Å². The average Bonchev–Trinajstić information content (AvgIpc) is 2.30. The normalized spacial score (nSPS) is 17.6. The molecule has 88 valence electrons. The molecule has 1 aliphatic rings. The molecule has 1 fully saturated rings. The zero-order chi connectivity index (χ0) is 11.4. The van der Waals surface area contributed by atoms with Crippen LogP contribution in [0, 0.1) is 17.6 Å². The number of piperidine rings is 1. The zero-order valence-corrected chi connectivity index (χ0v) is 9.31. The molecule has 0 amide bonds. The summed E-state index contributed by atoms with van der Waals surface area (Å²) in [4.78, 5) is 0. The number of rotatable bonds is 3. The standard InChI is InChI=1S/C13H17F2N/c14-12-2-1-3-13(15)11(12)5-4-10-6-8-16-9-7-10/h1-3,10,16H,4-9H2. The van der Waals surface area contributed by atoms with Crippen LogP contribution in [0.3, 0.4) is 0 Å². The van der Waals surface area contributed by atoms with Crippen molar-refractivity contribution < 1.29 is 8.78 Å². The van der Waals surface area contributed by atoms with Crippen LogP contribution in [0.4, 0.5) is 8.78 Å². The van der Waals surface area contributed by atoms with Crippen LogP contribution in [0.25, 0.3) is 0 Å². The molecular formula is C13H17F2N. The van der Waals surface area contributed by atoms with E-state index in [-0.39, 0.29) is 5.56 Å². The van der Waals surface area contributed by atoms with Gasteiger partial charge in [-0.25, -0.2) is 8.78 Å². The summed E-state index contributed by atoms with van der Waals surface area (Å²) in [7, 11) is 0. The van der Waals surface area contributed by atoms with Gasteiger partial charge in [0.2, 0.25) is 0 Å². The van der Waals surface area contributed by atoms with Crippen LogP contribution in [-0.2, 0) is 6.42 Å². The second-order valence-electron chi connectivity index (χ2n) is 4.43. The summed E-state index contributed by atoms with van der Waals surface area (Å²) in [6, 6.07) is 4.08. The van der Waals surface area contributed by atoms with E-state index in [1.165, 1.54) is 18.2 Å². The molecule has 0 saturated carbocycles. The van der Waals surface area contributed by atoms with E-state index in [4.69, 9.17) is 0 Å². The van der Waals surface area contributed by atoms with Crippen LogP contribution in [0.15, 0.2) is 18.2 Å². The Bertz CT molecular complexity index is 326. The summed E-state index contributed by atoms with van der Waals surface area (Å²) < 4.78 is 26.7. The van der Waals surface area contributed by atoms with Crippen molar-refractivity contribution in [3.63, 3.8) is 0 Å². The molecule has 1 nitrogen and oxygen atoms in total. The van der Waals surface area contributed by atoms with Crippen LogP contribution in [-0.4, -0.2) is 13.1 Å². The van der Waals surface area contributed by atoms with Gasteiger partial charge >= 0.3 is 0 Å². The van der Waals surface area contributed by atoms with Crippen molar-refractivity contribution in [2.45, 2.75) is 25.7 Å². The Labute approximate surface area is 94.9 Å². The average molecular weight is 225 g/mol. The fourth-order valence-electron chi connectivity index (χ4n) is 2.29. The summed E-state index contributed by atoms with van der Waals surface area (Å²) >= 11 is 0. The quantitative estimate of drug-likeness (QED) is 0.834. The lowest BCUT2D eigenvalue weighted by atomic mass is 9.91. The summed E-state index contributed by atoms with van der Waals surface area (Å²) in [5.41, 5.74) is 0.251. The molecule has 16 heavy (non-hydrogen) atoms. The first-order chi connectivity index (χ1) is 7.77. The van der Waals surface area contributed by atoms with Crippen LogP contribution >= 0.6 is 0 Å². The van der Waals surface area contributed by atoms with Gasteiger partial charge in [0.25, 0.3) is 0 Å².